The van der Waals surface area contributed by atoms with Crippen LogP contribution in [0.3, 0.4) is 0 Å². The Bertz CT molecular complexity index is 390. The van der Waals surface area contributed by atoms with Crippen molar-refractivity contribution < 1.29 is 4.79 Å². The standard InChI is InChI=1S/C12H20N4O/c1-4-14-10-7-9(5-6-15-10)16-8-12(2,3)11(13)17/h5-7H,4,8H2,1-3H3,(H2,13,17)(H2,14,15,16). The summed E-state index contributed by atoms with van der Waals surface area (Å²) < 4.78 is 0. The molecule has 0 atom stereocenters. The molecule has 1 amide bonds. The quantitative estimate of drug-likeness (QED) is 0.698. The Morgan fingerprint density at radius 2 is 2.18 bits per heavy atom. The summed E-state index contributed by atoms with van der Waals surface area (Å²) in [5.41, 5.74) is 5.66. The van der Waals surface area contributed by atoms with Crippen LogP contribution in [-0.2, 0) is 4.79 Å². The first kappa shape index (κ1) is 13.3. The van der Waals surface area contributed by atoms with E-state index in [0.717, 1.165) is 18.1 Å². The molecule has 0 aromatic carbocycles. The van der Waals surface area contributed by atoms with Crippen LogP contribution in [0.4, 0.5) is 11.5 Å². The van der Waals surface area contributed by atoms with Gasteiger partial charge in [-0.25, -0.2) is 4.98 Å². The molecule has 1 aromatic heterocycles. The Kier molecular flexibility index (Phi) is 4.31. The van der Waals surface area contributed by atoms with E-state index in [9.17, 15) is 4.79 Å². The monoisotopic (exact) mass is 236 g/mol. The second-order valence-corrected chi connectivity index (χ2v) is 4.56. The molecular formula is C12H20N4O. The Morgan fingerprint density at radius 1 is 1.47 bits per heavy atom. The molecule has 1 heterocycles. The number of carbonyl (C=O) groups excluding carboxylic acids is 1. The van der Waals surface area contributed by atoms with Crippen LogP contribution in [0.5, 0.6) is 0 Å². The van der Waals surface area contributed by atoms with Crippen molar-refractivity contribution in [1.82, 2.24) is 4.98 Å². The molecule has 1 rings (SSSR count). The highest BCUT2D eigenvalue weighted by Crippen LogP contribution is 2.17. The van der Waals surface area contributed by atoms with E-state index in [1.165, 1.54) is 0 Å². The van der Waals surface area contributed by atoms with Crippen molar-refractivity contribution in [3.63, 3.8) is 0 Å². The zero-order chi connectivity index (χ0) is 12.9. The third kappa shape index (κ3) is 3.94. The molecule has 0 radical (unpaired) electrons. The molecule has 0 saturated heterocycles. The van der Waals surface area contributed by atoms with Gasteiger partial charge in [-0.1, -0.05) is 0 Å². The zero-order valence-electron chi connectivity index (χ0n) is 10.6. The fraction of sp³-hybridized carbons (Fsp3) is 0.500. The molecule has 0 bridgehead atoms. The van der Waals surface area contributed by atoms with E-state index in [4.69, 9.17) is 5.73 Å². The highest BCUT2D eigenvalue weighted by atomic mass is 16.1. The average Bonchev–Trinajstić information content (AvgIpc) is 2.27. The molecule has 1 aromatic rings. The first-order valence-corrected chi connectivity index (χ1v) is 5.69. The minimum Gasteiger partial charge on any atom is -0.384 e. The van der Waals surface area contributed by atoms with Crippen LogP contribution in [0.15, 0.2) is 18.3 Å². The molecule has 0 spiro atoms. The lowest BCUT2D eigenvalue weighted by atomic mass is 9.93. The van der Waals surface area contributed by atoms with E-state index in [2.05, 4.69) is 15.6 Å². The molecule has 17 heavy (non-hydrogen) atoms. The number of primary amides is 1. The summed E-state index contributed by atoms with van der Waals surface area (Å²) in [5, 5.41) is 6.31. The van der Waals surface area contributed by atoms with Crippen LogP contribution in [0.25, 0.3) is 0 Å². The number of nitrogens with one attached hydrogen (secondary N) is 2. The van der Waals surface area contributed by atoms with Gasteiger partial charge in [0.05, 0.1) is 5.41 Å². The number of hydrogen-bond donors (Lipinski definition) is 3. The maximum Gasteiger partial charge on any atom is 0.224 e. The molecule has 0 aliphatic carbocycles. The predicted molar refractivity (Wildman–Crippen MR) is 69.9 cm³/mol. The van der Waals surface area contributed by atoms with Crippen molar-refractivity contribution in [3.8, 4) is 0 Å². The molecule has 0 aliphatic heterocycles. The maximum atomic E-state index is 11.2. The van der Waals surface area contributed by atoms with Gasteiger partial charge >= 0.3 is 0 Å². The molecule has 5 nitrogen and oxygen atoms in total. The van der Waals surface area contributed by atoms with Gasteiger partial charge in [-0.05, 0) is 26.8 Å². The molecule has 5 heteroatoms. The van der Waals surface area contributed by atoms with Crippen LogP contribution in [-0.4, -0.2) is 24.0 Å². The van der Waals surface area contributed by atoms with Gasteiger partial charge in [0.2, 0.25) is 5.91 Å². The number of nitrogens with zero attached hydrogens (tertiary/aromatic N) is 1. The number of hydrogen-bond acceptors (Lipinski definition) is 4. The van der Waals surface area contributed by atoms with Crippen molar-refractivity contribution in [2.24, 2.45) is 11.1 Å². The van der Waals surface area contributed by atoms with Gasteiger partial charge in [-0.3, -0.25) is 4.79 Å². The summed E-state index contributed by atoms with van der Waals surface area (Å²) in [6, 6.07) is 3.76. The van der Waals surface area contributed by atoms with Gasteiger partial charge < -0.3 is 16.4 Å². The summed E-state index contributed by atoms with van der Waals surface area (Å²) in [7, 11) is 0. The Balaban J connectivity index is 2.63. The molecule has 0 unspecified atom stereocenters. The summed E-state index contributed by atoms with van der Waals surface area (Å²) in [5.74, 6) is 0.500. The van der Waals surface area contributed by atoms with Crippen molar-refractivity contribution in [1.29, 1.82) is 0 Å². The lowest BCUT2D eigenvalue weighted by Gasteiger charge is -2.21. The van der Waals surface area contributed by atoms with Gasteiger partial charge in [0.15, 0.2) is 0 Å². The minimum atomic E-state index is -0.568. The lowest BCUT2D eigenvalue weighted by molar-refractivity contribution is -0.125. The Labute approximate surface area is 102 Å². The van der Waals surface area contributed by atoms with Crippen molar-refractivity contribution >= 4 is 17.4 Å². The van der Waals surface area contributed by atoms with Gasteiger partial charge in [0, 0.05) is 31.0 Å². The van der Waals surface area contributed by atoms with E-state index in [1.54, 1.807) is 6.20 Å². The second kappa shape index (κ2) is 5.52. The van der Waals surface area contributed by atoms with Crippen LogP contribution in [0.2, 0.25) is 0 Å². The normalized spacial score (nSPS) is 11.0. The van der Waals surface area contributed by atoms with E-state index < -0.39 is 5.41 Å². The predicted octanol–water partition coefficient (Wildman–Crippen LogP) is 1.44. The molecule has 0 aliphatic rings. The average molecular weight is 236 g/mol. The Hall–Kier alpha value is -1.78. The number of nitrogens with two attached hydrogens (primary N) is 1. The number of aromatic nitrogens is 1. The number of pyridine rings is 1. The third-order valence-corrected chi connectivity index (χ3v) is 2.52. The SMILES string of the molecule is CCNc1cc(NCC(C)(C)C(N)=O)ccn1. The number of anilines is 2. The van der Waals surface area contributed by atoms with Crippen LogP contribution < -0.4 is 16.4 Å². The number of carbonyl (C=O) groups is 1. The largest absolute Gasteiger partial charge is 0.384 e. The highest BCUT2D eigenvalue weighted by Gasteiger charge is 2.24. The van der Waals surface area contributed by atoms with Gasteiger partial charge in [0.25, 0.3) is 0 Å². The molecule has 4 N–H and O–H groups in total. The fourth-order valence-corrected chi connectivity index (χ4v) is 1.23. The topological polar surface area (TPSA) is 80.0 Å². The van der Waals surface area contributed by atoms with Crippen LogP contribution in [0.1, 0.15) is 20.8 Å². The van der Waals surface area contributed by atoms with E-state index >= 15 is 0 Å². The maximum absolute atomic E-state index is 11.2. The summed E-state index contributed by atoms with van der Waals surface area (Å²) in [4.78, 5) is 15.3. The first-order chi connectivity index (χ1) is 7.95. The highest BCUT2D eigenvalue weighted by molar-refractivity contribution is 5.80. The molecule has 0 saturated carbocycles. The van der Waals surface area contributed by atoms with E-state index in [1.807, 2.05) is 32.9 Å². The number of amides is 1. The van der Waals surface area contributed by atoms with E-state index in [-0.39, 0.29) is 5.91 Å². The third-order valence-electron chi connectivity index (χ3n) is 2.52. The molecule has 0 fully saturated rings. The lowest BCUT2D eigenvalue weighted by Crippen LogP contribution is -2.37. The second-order valence-electron chi connectivity index (χ2n) is 4.56. The smallest absolute Gasteiger partial charge is 0.224 e. The van der Waals surface area contributed by atoms with Crippen molar-refractivity contribution in [3.05, 3.63) is 18.3 Å². The first-order valence-electron chi connectivity index (χ1n) is 5.69. The zero-order valence-corrected chi connectivity index (χ0v) is 10.6. The molecule has 94 valence electrons. The van der Waals surface area contributed by atoms with Crippen molar-refractivity contribution in [2.75, 3.05) is 23.7 Å². The summed E-state index contributed by atoms with van der Waals surface area (Å²) in [6.07, 6.45) is 1.72. The van der Waals surface area contributed by atoms with Crippen molar-refractivity contribution in [2.45, 2.75) is 20.8 Å². The van der Waals surface area contributed by atoms with Gasteiger partial charge in [0.1, 0.15) is 5.82 Å². The molecular weight excluding hydrogens is 216 g/mol. The Morgan fingerprint density at radius 3 is 2.76 bits per heavy atom. The van der Waals surface area contributed by atoms with Gasteiger partial charge in [-0.2, -0.15) is 0 Å². The van der Waals surface area contributed by atoms with E-state index in [0.29, 0.717) is 6.54 Å². The summed E-state index contributed by atoms with van der Waals surface area (Å²) in [6.45, 7) is 6.96. The fourth-order valence-electron chi connectivity index (χ4n) is 1.23. The van der Waals surface area contributed by atoms with Crippen LogP contribution in [0, 0.1) is 5.41 Å². The minimum absolute atomic E-state index is 0.314. The van der Waals surface area contributed by atoms with Crippen LogP contribution >= 0.6 is 0 Å². The summed E-state index contributed by atoms with van der Waals surface area (Å²) >= 11 is 0. The number of rotatable bonds is 6. The van der Waals surface area contributed by atoms with Gasteiger partial charge in [-0.15, -0.1) is 0 Å².